The summed E-state index contributed by atoms with van der Waals surface area (Å²) >= 11 is 0. The Balaban J connectivity index is 2.61. The summed E-state index contributed by atoms with van der Waals surface area (Å²) in [6, 6.07) is 9.76. The molecule has 1 heteroatoms. The van der Waals surface area contributed by atoms with Crippen LogP contribution in [-0.4, -0.2) is 6.29 Å². The molecule has 0 saturated heterocycles. The molecule has 1 nitrogen and oxygen atoms in total. The number of allylic oxidation sites excluding steroid dienone is 4. The number of carbonyl (C=O) groups is 1. The molecule has 0 heterocycles. The van der Waals surface area contributed by atoms with Gasteiger partial charge in [-0.3, -0.25) is 4.79 Å². The van der Waals surface area contributed by atoms with Crippen LogP contribution in [0.3, 0.4) is 0 Å². The third-order valence-electron chi connectivity index (χ3n) is 1.75. The lowest BCUT2D eigenvalue weighted by molar-refractivity contribution is -0.104. The Morgan fingerprint density at radius 1 is 1.27 bits per heavy atom. The molecule has 15 heavy (non-hydrogen) atoms. The van der Waals surface area contributed by atoms with Crippen LogP contribution < -0.4 is 0 Å². The summed E-state index contributed by atoms with van der Waals surface area (Å²) in [4.78, 5) is 10.1. The molecule has 0 aliphatic heterocycles. The lowest BCUT2D eigenvalue weighted by atomic mass is 10.2. The smallest absolute Gasteiger partial charge is 0.143 e. The SMILES string of the molecule is CC(/C=C/C#Cc1ccccc1)=C\C=O. The Morgan fingerprint density at radius 3 is 2.67 bits per heavy atom. The molecule has 0 radical (unpaired) electrons. The van der Waals surface area contributed by atoms with Crippen LogP contribution in [0.25, 0.3) is 0 Å². The van der Waals surface area contributed by atoms with Crippen molar-refractivity contribution in [3.63, 3.8) is 0 Å². The summed E-state index contributed by atoms with van der Waals surface area (Å²) in [5.41, 5.74) is 1.88. The molecule has 0 saturated carbocycles. The zero-order valence-electron chi connectivity index (χ0n) is 8.60. The maximum atomic E-state index is 10.1. The average Bonchev–Trinajstić information content (AvgIpc) is 2.26. The molecular weight excluding hydrogens is 184 g/mol. The van der Waals surface area contributed by atoms with Gasteiger partial charge in [-0.15, -0.1) is 0 Å². The quantitative estimate of drug-likeness (QED) is 0.307. The van der Waals surface area contributed by atoms with Crippen molar-refractivity contribution in [3.05, 3.63) is 59.7 Å². The summed E-state index contributed by atoms with van der Waals surface area (Å²) in [6.07, 6.45) is 5.82. The van der Waals surface area contributed by atoms with Crippen LogP contribution in [0.4, 0.5) is 0 Å². The van der Waals surface area contributed by atoms with E-state index in [2.05, 4.69) is 11.8 Å². The number of aldehydes is 1. The molecule has 0 atom stereocenters. The maximum absolute atomic E-state index is 10.1. The summed E-state index contributed by atoms with van der Waals surface area (Å²) in [7, 11) is 0. The Labute approximate surface area is 90.1 Å². The van der Waals surface area contributed by atoms with Crippen LogP contribution in [0.2, 0.25) is 0 Å². The third kappa shape index (κ3) is 4.64. The Hall–Kier alpha value is -2.07. The van der Waals surface area contributed by atoms with E-state index >= 15 is 0 Å². The first-order valence-corrected chi connectivity index (χ1v) is 4.68. The largest absolute Gasteiger partial charge is 0.299 e. The van der Waals surface area contributed by atoms with E-state index in [1.165, 1.54) is 6.08 Å². The molecule has 0 amide bonds. The van der Waals surface area contributed by atoms with E-state index in [9.17, 15) is 4.79 Å². The summed E-state index contributed by atoms with van der Waals surface area (Å²) < 4.78 is 0. The molecule has 0 aromatic heterocycles. The predicted octanol–water partition coefficient (Wildman–Crippen LogP) is 2.74. The van der Waals surface area contributed by atoms with Crippen molar-refractivity contribution in [3.8, 4) is 11.8 Å². The second-order valence-corrected chi connectivity index (χ2v) is 3.02. The molecule has 0 bridgehead atoms. The molecule has 0 spiro atoms. The van der Waals surface area contributed by atoms with E-state index in [-0.39, 0.29) is 0 Å². The van der Waals surface area contributed by atoms with Gasteiger partial charge in [-0.25, -0.2) is 0 Å². The van der Waals surface area contributed by atoms with Crippen molar-refractivity contribution in [1.82, 2.24) is 0 Å². The van der Waals surface area contributed by atoms with E-state index < -0.39 is 0 Å². The van der Waals surface area contributed by atoms with E-state index in [1.54, 1.807) is 6.08 Å². The molecule has 74 valence electrons. The van der Waals surface area contributed by atoms with Crippen molar-refractivity contribution in [2.45, 2.75) is 6.92 Å². The predicted molar refractivity (Wildman–Crippen MR) is 62.3 cm³/mol. The van der Waals surface area contributed by atoms with E-state index in [0.717, 1.165) is 17.4 Å². The Bertz CT molecular complexity index is 427. The van der Waals surface area contributed by atoms with Crippen LogP contribution in [0.1, 0.15) is 12.5 Å². The fourth-order valence-electron chi connectivity index (χ4n) is 0.982. The maximum Gasteiger partial charge on any atom is 0.143 e. The average molecular weight is 196 g/mol. The molecular formula is C14H12O. The van der Waals surface area contributed by atoms with Gasteiger partial charge in [-0.1, -0.05) is 36.1 Å². The van der Waals surface area contributed by atoms with Gasteiger partial charge in [0.15, 0.2) is 0 Å². The number of benzene rings is 1. The first-order valence-electron chi connectivity index (χ1n) is 4.68. The first-order chi connectivity index (χ1) is 7.33. The molecule has 0 N–H and O–H groups in total. The topological polar surface area (TPSA) is 17.1 Å². The van der Waals surface area contributed by atoms with Gasteiger partial charge in [-0.05, 0) is 36.8 Å². The van der Waals surface area contributed by atoms with Crippen LogP contribution in [-0.2, 0) is 4.79 Å². The Morgan fingerprint density at radius 2 is 2.00 bits per heavy atom. The lowest BCUT2D eigenvalue weighted by Gasteiger charge is -1.85. The van der Waals surface area contributed by atoms with Crippen molar-refractivity contribution in [1.29, 1.82) is 0 Å². The molecule has 0 aliphatic carbocycles. The van der Waals surface area contributed by atoms with Gasteiger partial charge < -0.3 is 0 Å². The van der Waals surface area contributed by atoms with Crippen molar-refractivity contribution >= 4 is 6.29 Å². The highest BCUT2D eigenvalue weighted by molar-refractivity contribution is 5.67. The number of hydrogen-bond donors (Lipinski definition) is 0. The van der Waals surface area contributed by atoms with Gasteiger partial charge in [0.2, 0.25) is 0 Å². The minimum absolute atomic E-state index is 0.768. The highest BCUT2D eigenvalue weighted by atomic mass is 16.1. The molecule has 1 rings (SSSR count). The van der Waals surface area contributed by atoms with Crippen molar-refractivity contribution in [2.24, 2.45) is 0 Å². The molecule has 1 aromatic rings. The standard InChI is InChI=1S/C14H12O/c1-13(11-12-15)7-5-6-10-14-8-3-2-4-9-14/h2-5,7-9,11-12H,1H3/b7-5+,13-11+. The van der Waals surface area contributed by atoms with Gasteiger partial charge in [0, 0.05) is 5.56 Å². The fraction of sp³-hybridized carbons (Fsp3) is 0.0714. The van der Waals surface area contributed by atoms with Crippen LogP contribution >= 0.6 is 0 Å². The normalized spacial score (nSPS) is 10.9. The van der Waals surface area contributed by atoms with Crippen molar-refractivity contribution < 1.29 is 4.79 Å². The van der Waals surface area contributed by atoms with Gasteiger partial charge in [0.05, 0.1) is 0 Å². The van der Waals surface area contributed by atoms with Gasteiger partial charge in [0.25, 0.3) is 0 Å². The number of carbonyl (C=O) groups excluding carboxylic acids is 1. The number of hydrogen-bond acceptors (Lipinski definition) is 1. The fourth-order valence-corrected chi connectivity index (χ4v) is 0.982. The summed E-state index contributed by atoms with van der Waals surface area (Å²) in [5, 5.41) is 0. The number of rotatable bonds is 2. The van der Waals surface area contributed by atoms with E-state index in [4.69, 9.17) is 0 Å². The van der Waals surface area contributed by atoms with E-state index in [0.29, 0.717) is 0 Å². The Kier molecular flexibility index (Phi) is 4.69. The minimum atomic E-state index is 0.768. The van der Waals surface area contributed by atoms with Crippen LogP contribution in [0, 0.1) is 11.8 Å². The molecule has 1 aromatic carbocycles. The summed E-state index contributed by atoms with van der Waals surface area (Å²) in [6.45, 7) is 1.86. The minimum Gasteiger partial charge on any atom is -0.299 e. The first kappa shape index (κ1) is 11.0. The molecule has 0 unspecified atom stereocenters. The lowest BCUT2D eigenvalue weighted by Crippen LogP contribution is -1.70. The molecule has 0 aliphatic rings. The third-order valence-corrected chi connectivity index (χ3v) is 1.75. The van der Waals surface area contributed by atoms with E-state index in [1.807, 2.05) is 43.3 Å². The summed E-state index contributed by atoms with van der Waals surface area (Å²) in [5.74, 6) is 5.89. The monoisotopic (exact) mass is 196 g/mol. The highest BCUT2D eigenvalue weighted by Crippen LogP contribution is 1.95. The second-order valence-electron chi connectivity index (χ2n) is 3.02. The zero-order chi connectivity index (χ0) is 10.9. The second kappa shape index (κ2) is 6.39. The van der Waals surface area contributed by atoms with Crippen molar-refractivity contribution in [2.75, 3.05) is 0 Å². The zero-order valence-corrected chi connectivity index (χ0v) is 8.60. The molecule has 0 fully saturated rings. The van der Waals surface area contributed by atoms with Crippen LogP contribution in [0.15, 0.2) is 54.1 Å². The van der Waals surface area contributed by atoms with Crippen LogP contribution in [0.5, 0.6) is 0 Å². The van der Waals surface area contributed by atoms with Gasteiger partial charge >= 0.3 is 0 Å². The highest BCUT2D eigenvalue weighted by Gasteiger charge is 1.80. The van der Waals surface area contributed by atoms with Gasteiger partial charge in [-0.2, -0.15) is 0 Å². The van der Waals surface area contributed by atoms with Gasteiger partial charge in [0.1, 0.15) is 6.29 Å².